The Balaban J connectivity index is 0.000000730. The molecule has 2 aliphatic heterocycles. The van der Waals surface area contributed by atoms with Gasteiger partial charge in [0.1, 0.15) is 36.5 Å². The van der Waals surface area contributed by atoms with Gasteiger partial charge in [0.2, 0.25) is 0 Å². The number of amides is 2. The molecule has 12 heteroatoms. The molecular formula is C31H54N2O10. The second-order valence-electron chi connectivity index (χ2n) is 12.5. The molecule has 6 atom stereocenters. The highest BCUT2D eigenvalue weighted by Gasteiger charge is 2.48. The fourth-order valence-electron chi connectivity index (χ4n) is 4.56. The van der Waals surface area contributed by atoms with Crippen LogP contribution >= 0.6 is 0 Å². The Hall–Kier alpha value is -2.80. The molecule has 12 nitrogen and oxygen atoms in total. The summed E-state index contributed by atoms with van der Waals surface area (Å²) >= 11 is 0. The van der Waals surface area contributed by atoms with Gasteiger partial charge in [-0.25, -0.2) is 9.59 Å². The Morgan fingerprint density at radius 3 is 1.37 bits per heavy atom. The number of Topliss-reactive ketones (excluding diaryl/α,β-unsaturated/α-hetero) is 2. The van der Waals surface area contributed by atoms with Gasteiger partial charge in [0.05, 0.1) is 12.2 Å². The number of hydrogen-bond acceptors (Lipinski definition) is 10. The SMILES string of the molecule is C=CCC.C=CC[C@H]1CN(C(=O)OC(C)(C)C)[C@H](C(=O)CO)[C@@H]1O.CC[C@H]1CN(C(=O)OC(C)(C)C)[C@H](C(=O)CO)[C@@H]1O. The Labute approximate surface area is 256 Å². The number of hydrogen-bond donors (Lipinski definition) is 4. The number of ether oxygens (including phenoxy) is 2. The predicted octanol–water partition coefficient (Wildman–Crippen LogP) is 2.86. The Morgan fingerprint density at radius 2 is 1.09 bits per heavy atom. The fourth-order valence-corrected chi connectivity index (χ4v) is 4.56. The summed E-state index contributed by atoms with van der Waals surface area (Å²) in [5.41, 5.74) is -1.36. The minimum Gasteiger partial charge on any atom is -0.444 e. The lowest BCUT2D eigenvalue weighted by Gasteiger charge is -2.28. The van der Waals surface area contributed by atoms with Gasteiger partial charge >= 0.3 is 12.2 Å². The monoisotopic (exact) mass is 614 g/mol. The first kappa shape index (κ1) is 40.2. The van der Waals surface area contributed by atoms with Crippen LogP contribution in [-0.4, -0.2) is 116 Å². The zero-order valence-electron chi connectivity index (χ0n) is 27.1. The van der Waals surface area contributed by atoms with E-state index in [4.69, 9.17) is 19.7 Å². The molecule has 0 aromatic heterocycles. The Morgan fingerprint density at radius 1 is 0.744 bits per heavy atom. The number of rotatable bonds is 8. The van der Waals surface area contributed by atoms with Gasteiger partial charge in [0, 0.05) is 24.9 Å². The van der Waals surface area contributed by atoms with Crippen molar-refractivity contribution >= 4 is 23.8 Å². The largest absolute Gasteiger partial charge is 0.444 e. The smallest absolute Gasteiger partial charge is 0.411 e. The van der Waals surface area contributed by atoms with Crippen LogP contribution < -0.4 is 0 Å². The normalized spacial score (nSPS) is 25.0. The van der Waals surface area contributed by atoms with Crippen LogP contribution in [0.4, 0.5) is 9.59 Å². The van der Waals surface area contributed by atoms with Crippen molar-refractivity contribution in [1.29, 1.82) is 0 Å². The van der Waals surface area contributed by atoms with E-state index in [1.165, 1.54) is 9.80 Å². The van der Waals surface area contributed by atoms with E-state index in [1.807, 2.05) is 13.0 Å². The molecule has 0 saturated carbocycles. The highest BCUT2D eigenvalue weighted by atomic mass is 16.6. The van der Waals surface area contributed by atoms with Crippen molar-refractivity contribution in [3.05, 3.63) is 25.3 Å². The summed E-state index contributed by atoms with van der Waals surface area (Å²) < 4.78 is 10.5. The average Bonchev–Trinajstić information content (AvgIpc) is 3.43. The molecule has 0 aromatic carbocycles. The van der Waals surface area contributed by atoms with Gasteiger partial charge in [-0.1, -0.05) is 26.0 Å². The van der Waals surface area contributed by atoms with E-state index in [0.717, 1.165) is 6.42 Å². The maximum absolute atomic E-state index is 12.1. The maximum Gasteiger partial charge on any atom is 0.411 e. The zero-order valence-corrected chi connectivity index (χ0v) is 27.1. The van der Waals surface area contributed by atoms with Crippen LogP contribution in [-0.2, 0) is 19.1 Å². The number of aliphatic hydroxyl groups is 4. The first-order valence-electron chi connectivity index (χ1n) is 14.7. The van der Waals surface area contributed by atoms with Crippen molar-refractivity contribution in [3.63, 3.8) is 0 Å². The quantitative estimate of drug-likeness (QED) is 0.298. The molecule has 2 saturated heterocycles. The van der Waals surface area contributed by atoms with E-state index < -0.39 is 72.5 Å². The fraction of sp³-hybridized carbons (Fsp3) is 0.742. The van der Waals surface area contributed by atoms with Gasteiger partial charge in [0.15, 0.2) is 11.6 Å². The lowest BCUT2D eigenvalue weighted by molar-refractivity contribution is -0.129. The van der Waals surface area contributed by atoms with Crippen molar-refractivity contribution in [2.45, 2.75) is 110 Å². The standard InChI is InChI=1S/C14H23NO5.C13H23NO5.C4H8/c1-5-6-9-7-15(13(19)20-14(2,3)4)11(12(9)18)10(17)8-16;1-5-8-6-14(12(18)19-13(2,3)4)10(11(8)17)9(16)7-15;1-3-4-2/h5,9,11-12,16,18H,1,6-8H2,2-4H3;8,10-11,15,17H,5-7H2,1-4H3;3H,1,4H2,2H3/t9-,11+,12+;8-,10+,11+;/m00./s1. The lowest BCUT2D eigenvalue weighted by atomic mass is 9.96. The minimum atomic E-state index is -1.06. The van der Waals surface area contributed by atoms with E-state index in [-0.39, 0.29) is 24.9 Å². The molecule has 0 bridgehead atoms. The molecule has 4 N–H and O–H groups in total. The number of allylic oxidation sites excluding steroid dienone is 2. The third kappa shape index (κ3) is 12.8. The number of carbonyl (C=O) groups is 4. The van der Waals surface area contributed by atoms with E-state index in [0.29, 0.717) is 12.8 Å². The number of ketones is 2. The summed E-state index contributed by atoms with van der Waals surface area (Å²) in [7, 11) is 0. The zero-order chi connectivity index (χ0) is 33.7. The van der Waals surface area contributed by atoms with Gasteiger partial charge in [-0.15, -0.1) is 13.2 Å². The summed E-state index contributed by atoms with van der Waals surface area (Å²) in [5.74, 6) is -1.60. The first-order chi connectivity index (χ1) is 19.8. The van der Waals surface area contributed by atoms with Crippen molar-refractivity contribution in [1.82, 2.24) is 9.80 Å². The molecule has 0 aromatic rings. The predicted molar refractivity (Wildman–Crippen MR) is 162 cm³/mol. The number of carbonyl (C=O) groups excluding carboxylic acids is 4. The first-order valence-corrected chi connectivity index (χ1v) is 14.7. The van der Waals surface area contributed by atoms with E-state index >= 15 is 0 Å². The minimum absolute atomic E-state index is 0.173. The summed E-state index contributed by atoms with van der Waals surface area (Å²) in [5, 5.41) is 38.2. The summed E-state index contributed by atoms with van der Waals surface area (Å²) in [6, 6.07) is -2.07. The van der Waals surface area contributed by atoms with Crippen LogP contribution in [0.2, 0.25) is 0 Å². The molecule has 0 aliphatic carbocycles. The van der Waals surface area contributed by atoms with Gasteiger partial charge in [-0.2, -0.15) is 0 Å². The molecule has 2 amide bonds. The van der Waals surface area contributed by atoms with Gasteiger partial charge in [0.25, 0.3) is 0 Å². The maximum atomic E-state index is 12.1. The molecule has 2 aliphatic rings. The van der Waals surface area contributed by atoms with Crippen molar-refractivity contribution < 1.29 is 49.1 Å². The molecule has 0 radical (unpaired) electrons. The van der Waals surface area contributed by atoms with Crippen LogP contribution in [0, 0.1) is 11.8 Å². The van der Waals surface area contributed by atoms with Gasteiger partial charge in [-0.05, 0) is 60.8 Å². The molecule has 0 unspecified atom stereocenters. The van der Waals surface area contributed by atoms with Crippen molar-refractivity contribution in [2.24, 2.45) is 11.8 Å². The van der Waals surface area contributed by atoms with Crippen LogP contribution in [0.15, 0.2) is 25.3 Å². The Bertz CT molecular complexity index is 940. The average molecular weight is 615 g/mol. The number of aliphatic hydroxyl groups excluding tert-OH is 4. The second-order valence-corrected chi connectivity index (χ2v) is 12.5. The number of likely N-dealkylation sites (tertiary alicyclic amines) is 2. The van der Waals surface area contributed by atoms with Gasteiger partial charge < -0.3 is 29.9 Å². The van der Waals surface area contributed by atoms with Gasteiger partial charge in [-0.3, -0.25) is 19.4 Å². The molecule has 0 spiro atoms. The number of nitrogens with zero attached hydrogens (tertiary/aromatic N) is 2. The third-order valence-corrected chi connectivity index (χ3v) is 6.66. The van der Waals surface area contributed by atoms with E-state index in [2.05, 4.69) is 20.1 Å². The van der Waals surface area contributed by atoms with Crippen molar-refractivity contribution in [2.75, 3.05) is 26.3 Å². The molecule has 2 heterocycles. The lowest BCUT2D eigenvalue weighted by Crippen LogP contribution is -2.48. The van der Waals surface area contributed by atoms with Crippen LogP contribution in [0.1, 0.15) is 74.7 Å². The molecular weight excluding hydrogens is 560 g/mol. The summed E-state index contributed by atoms with van der Waals surface area (Å²) in [6.07, 6.45) is 2.47. The highest BCUT2D eigenvalue weighted by Crippen LogP contribution is 2.30. The molecule has 2 rings (SSSR count). The highest BCUT2D eigenvalue weighted by molar-refractivity contribution is 5.90. The summed E-state index contributed by atoms with van der Waals surface area (Å²) in [6.45, 7) is 20.4. The van der Waals surface area contributed by atoms with Crippen LogP contribution in [0.25, 0.3) is 0 Å². The van der Waals surface area contributed by atoms with Crippen LogP contribution in [0.5, 0.6) is 0 Å². The Kier molecular flexibility index (Phi) is 16.9. The molecule has 2 fully saturated rings. The van der Waals surface area contributed by atoms with Crippen molar-refractivity contribution in [3.8, 4) is 0 Å². The van der Waals surface area contributed by atoms with E-state index in [9.17, 15) is 29.4 Å². The van der Waals surface area contributed by atoms with E-state index in [1.54, 1.807) is 47.6 Å². The third-order valence-electron chi connectivity index (χ3n) is 6.66. The summed E-state index contributed by atoms with van der Waals surface area (Å²) in [4.78, 5) is 50.1. The molecule has 43 heavy (non-hydrogen) atoms. The topological polar surface area (TPSA) is 174 Å². The molecule has 248 valence electrons. The second kappa shape index (κ2) is 18.1. The van der Waals surface area contributed by atoms with Crippen LogP contribution in [0.3, 0.4) is 0 Å².